The highest BCUT2D eigenvalue weighted by Gasteiger charge is 2.30. The van der Waals surface area contributed by atoms with E-state index in [1.807, 2.05) is 0 Å². The third-order valence-electron chi connectivity index (χ3n) is 2.40. The Labute approximate surface area is 129 Å². The zero-order valence-electron chi connectivity index (χ0n) is 10.5. The molecule has 0 unspecified atom stereocenters. The molecule has 6 N–H and O–H groups in total. The molecular weight excluding hydrogens is 388 g/mol. The van der Waals surface area contributed by atoms with Crippen LogP contribution in [0.4, 0.5) is 0 Å². The van der Waals surface area contributed by atoms with Crippen molar-refractivity contribution in [3.05, 3.63) is 23.3 Å². The first-order chi connectivity index (χ1) is 9.56. The van der Waals surface area contributed by atoms with Crippen LogP contribution in [0.25, 0.3) is 0 Å². The molecule has 0 radical (unpaired) electrons. The molecule has 0 spiro atoms. The van der Waals surface area contributed by atoms with Crippen molar-refractivity contribution >= 4 is 42.0 Å². The van der Waals surface area contributed by atoms with E-state index in [9.17, 15) is 16.8 Å². The van der Waals surface area contributed by atoms with Gasteiger partial charge in [0.25, 0.3) is 10.0 Å². The Morgan fingerprint density at radius 1 is 1.33 bits per heavy atom. The van der Waals surface area contributed by atoms with Crippen molar-refractivity contribution in [1.82, 2.24) is 3.75 Å². The maximum atomic E-state index is 12.1. The average molecular weight is 399 g/mol. The highest BCUT2D eigenvalue weighted by Crippen LogP contribution is 2.28. The molecule has 0 aliphatic rings. The number of rotatable bonds is 4. The zero-order valence-corrected chi connectivity index (χ0v) is 13.8. The Morgan fingerprint density at radius 2 is 1.90 bits per heavy atom. The van der Waals surface area contributed by atoms with Crippen molar-refractivity contribution in [3.8, 4) is 0 Å². The number of aryl methyl sites for hydroxylation is 1. The molecule has 0 bridgehead atoms. The first-order valence-electron chi connectivity index (χ1n) is 5.05. The predicted molar refractivity (Wildman–Crippen MR) is 77.7 cm³/mol. The van der Waals surface area contributed by atoms with Crippen LogP contribution in [0, 0.1) is 12.3 Å². The monoisotopic (exact) mass is 398 g/mol. The lowest BCUT2D eigenvalue weighted by Crippen LogP contribution is -2.24. The van der Waals surface area contributed by atoms with Gasteiger partial charge in [0.15, 0.2) is 5.84 Å². The van der Waals surface area contributed by atoms with Crippen LogP contribution in [0.3, 0.4) is 0 Å². The minimum absolute atomic E-state index is 0.275. The number of nitrogens with one attached hydrogen (secondary N) is 2. The Kier molecular flexibility index (Phi) is 5.16. The second-order valence-corrected chi connectivity index (χ2v) is 7.84. The molecule has 116 valence electrons. The largest absolute Gasteiger partial charge is 0.305 e. The van der Waals surface area contributed by atoms with Crippen LogP contribution in [0.5, 0.6) is 0 Å². The van der Waals surface area contributed by atoms with Gasteiger partial charge in [-0.1, -0.05) is 11.3 Å². The van der Waals surface area contributed by atoms with E-state index < -0.39 is 35.7 Å². The molecule has 1 aromatic rings. The first kappa shape index (κ1) is 17.6. The minimum atomic E-state index is -4.35. The number of primary sulfonamides is 1. The highest BCUT2D eigenvalue weighted by atomic mass is 79.9. The van der Waals surface area contributed by atoms with E-state index >= 15 is 0 Å². The summed E-state index contributed by atoms with van der Waals surface area (Å²) >= 11 is 2.53. The van der Waals surface area contributed by atoms with Gasteiger partial charge < -0.3 is 5.84 Å². The topological polar surface area (TPSA) is 181 Å². The van der Waals surface area contributed by atoms with Crippen LogP contribution in [-0.4, -0.2) is 22.7 Å². The van der Waals surface area contributed by atoms with Crippen molar-refractivity contribution in [2.24, 2.45) is 21.3 Å². The number of sulfonamides is 2. The van der Waals surface area contributed by atoms with E-state index in [-0.39, 0.29) is 11.1 Å². The van der Waals surface area contributed by atoms with Gasteiger partial charge in [-0.2, -0.15) is 0 Å². The summed E-state index contributed by atoms with van der Waals surface area (Å²) in [5.41, 5.74) is 0.00352. The van der Waals surface area contributed by atoms with Gasteiger partial charge in [-0.25, -0.2) is 22.0 Å². The maximum Gasteiger partial charge on any atom is 0.252 e. The van der Waals surface area contributed by atoms with Gasteiger partial charge in [0, 0.05) is 21.7 Å². The predicted octanol–water partition coefficient (Wildman–Crippen LogP) is -0.118. The van der Waals surface area contributed by atoms with Crippen molar-refractivity contribution < 1.29 is 16.8 Å². The number of nitrogens with zero attached hydrogens (tertiary/aromatic N) is 2. The summed E-state index contributed by atoms with van der Waals surface area (Å²) in [7, 11) is -8.66. The van der Waals surface area contributed by atoms with Crippen LogP contribution in [0.1, 0.15) is 11.1 Å². The van der Waals surface area contributed by atoms with Gasteiger partial charge in [-0.15, -0.1) is 8.86 Å². The fourth-order valence-electron chi connectivity index (χ4n) is 1.59. The molecule has 0 aliphatic heterocycles. The van der Waals surface area contributed by atoms with E-state index in [0.717, 1.165) is 6.07 Å². The summed E-state index contributed by atoms with van der Waals surface area (Å²) in [6.07, 6.45) is 0. The smallest absolute Gasteiger partial charge is 0.252 e. The summed E-state index contributed by atoms with van der Waals surface area (Å²) < 4.78 is 49.1. The molecule has 21 heavy (non-hydrogen) atoms. The number of nitrogens with two attached hydrogens (primary N) is 2. The Hall–Kier alpha value is -1.41. The van der Waals surface area contributed by atoms with E-state index in [2.05, 4.69) is 26.5 Å². The summed E-state index contributed by atoms with van der Waals surface area (Å²) in [5, 5.41) is 18.8. The quantitative estimate of drug-likeness (QED) is 0.137. The normalized spacial score (nSPS) is 12.7. The van der Waals surface area contributed by atoms with Gasteiger partial charge >= 0.3 is 0 Å². The lowest BCUT2D eigenvalue weighted by molar-refractivity contribution is 0.582. The molecule has 0 saturated carbocycles. The summed E-state index contributed by atoms with van der Waals surface area (Å²) in [6.45, 7) is 1.47. The molecule has 0 heterocycles. The molecule has 0 saturated heterocycles. The van der Waals surface area contributed by atoms with Crippen molar-refractivity contribution in [2.45, 2.75) is 16.7 Å². The third-order valence-corrected chi connectivity index (χ3v) is 5.93. The fourth-order valence-corrected chi connectivity index (χ4v) is 4.31. The number of amidine groups is 1. The van der Waals surface area contributed by atoms with Gasteiger partial charge in [-0.05, 0) is 18.6 Å². The Bertz CT molecular complexity index is 817. The molecule has 0 aromatic heterocycles. The molecule has 10 nitrogen and oxygen atoms in total. The molecule has 0 amide bonds. The standard InChI is InChI=1S/C8H11BrN6O4S2/c1-4-2-3-5(20(12,16)17)7(21(18,19)14-9)6(4)8(10)13-15-11/h2-3,14H,1H3,(H3,10,11,13)(H2,12,16,17). The summed E-state index contributed by atoms with van der Waals surface area (Å²) in [6, 6.07) is 2.32. The molecule has 0 fully saturated rings. The van der Waals surface area contributed by atoms with Gasteiger partial charge in [0.05, 0.1) is 0 Å². The molecule has 1 aromatic carbocycles. The molecule has 0 aliphatic carbocycles. The van der Waals surface area contributed by atoms with E-state index in [1.54, 1.807) is 3.75 Å². The van der Waals surface area contributed by atoms with E-state index in [1.165, 1.54) is 13.0 Å². The fraction of sp³-hybridized carbons (Fsp3) is 0.125. The van der Waals surface area contributed by atoms with E-state index in [0.29, 0.717) is 0 Å². The van der Waals surface area contributed by atoms with Crippen LogP contribution >= 0.6 is 16.1 Å². The number of hydrogen-bond acceptors (Lipinski definition) is 6. The Morgan fingerprint density at radius 3 is 2.33 bits per heavy atom. The molecule has 13 heteroatoms. The first-order valence-corrected chi connectivity index (χ1v) is 8.87. The molecular formula is C8H11BrN6O4S2. The zero-order chi connectivity index (χ0) is 16.4. The van der Waals surface area contributed by atoms with Crippen molar-refractivity contribution in [2.75, 3.05) is 0 Å². The van der Waals surface area contributed by atoms with Crippen molar-refractivity contribution in [3.63, 3.8) is 0 Å². The average Bonchev–Trinajstić information content (AvgIpc) is 2.37. The maximum absolute atomic E-state index is 12.1. The highest BCUT2D eigenvalue weighted by molar-refractivity contribution is 9.09. The van der Waals surface area contributed by atoms with Crippen LogP contribution in [-0.2, 0) is 20.0 Å². The second-order valence-electron chi connectivity index (χ2n) is 3.77. The van der Waals surface area contributed by atoms with Crippen molar-refractivity contribution in [1.29, 1.82) is 5.41 Å². The molecule has 1 rings (SSSR count). The van der Waals surface area contributed by atoms with Crippen LogP contribution < -0.4 is 14.7 Å². The number of benzene rings is 1. The number of hydrogen-bond donors (Lipinski definition) is 4. The summed E-state index contributed by atoms with van der Waals surface area (Å²) in [5.74, 6) is 4.21. The van der Waals surface area contributed by atoms with E-state index in [4.69, 9.17) is 16.4 Å². The van der Waals surface area contributed by atoms with Gasteiger partial charge in [-0.3, -0.25) is 5.41 Å². The minimum Gasteiger partial charge on any atom is -0.305 e. The third kappa shape index (κ3) is 3.62. The second kappa shape index (κ2) is 6.15. The van der Waals surface area contributed by atoms with Crippen LogP contribution in [0.2, 0.25) is 0 Å². The van der Waals surface area contributed by atoms with Crippen LogP contribution in [0.15, 0.2) is 32.3 Å². The van der Waals surface area contributed by atoms with Gasteiger partial charge in [0.1, 0.15) is 9.79 Å². The SMILES string of the molecule is Cc1ccc(S(N)(=O)=O)c(S(=O)(=O)NBr)c1C(=N)N=NN. The lowest BCUT2D eigenvalue weighted by Gasteiger charge is -2.14. The molecule has 0 atom stereocenters. The number of halogens is 1. The Balaban J connectivity index is 4.00. The lowest BCUT2D eigenvalue weighted by atomic mass is 10.1. The van der Waals surface area contributed by atoms with Gasteiger partial charge in [0.2, 0.25) is 10.0 Å². The summed E-state index contributed by atoms with van der Waals surface area (Å²) in [4.78, 5) is -1.38.